The zero-order chi connectivity index (χ0) is 32.8. The van der Waals surface area contributed by atoms with Crippen LogP contribution in [0, 0.1) is 0 Å². The third-order valence-corrected chi connectivity index (χ3v) is 8.81. The molecule has 1 saturated heterocycles. The van der Waals surface area contributed by atoms with Crippen molar-refractivity contribution in [2.75, 3.05) is 18.4 Å². The number of carbonyl (C=O) groups is 2. The molecule has 0 bridgehead atoms. The number of aliphatic hydroxyl groups is 2. The fourth-order valence-electron chi connectivity index (χ4n) is 6.37. The number of imidazole rings is 1. The average Bonchev–Trinajstić information content (AvgIpc) is 3.65. The molecule has 2 aromatic heterocycles. The topological polar surface area (TPSA) is 176 Å². The number of likely N-dealkylation sites (N-methyl/N-ethyl adjacent to an activating group) is 1. The molecule has 4 aromatic rings. The molecule has 6 N–H and O–H groups in total. The third-order valence-electron chi connectivity index (χ3n) is 8.81. The van der Waals surface area contributed by atoms with Crippen LogP contribution in [0.25, 0.3) is 11.2 Å². The van der Waals surface area contributed by atoms with E-state index in [1.54, 1.807) is 6.92 Å². The van der Waals surface area contributed by atoms with Crippen LogP contribution < -0.4 is 21.3 Å². The van der Waals surface area contributed by atoms with Crippen LogP contribution in [0.3, 0.4) is 0 Å². The van der Waals surface area contributed by atoms with Crippen molar-refractivity contribution in [3.63, 3.8) is 0 Å². The number of benzene rings is 2. The summed E-state index contributed by atoms with van der Waals surface area (Å²) < 4.78 is 7.37. The summed E-state index contributed by atoms with van der Waals surface area (Å²) in [5.74, 6) is 0.207. The van der Waals surface area contributed by atoms with Gasteiger partial charge < -0.3 is 36.2 Å². The molecule has 6 rings (SSSR count). The second kappa shape index (κ2) is 14.9. The number of nitrogens with one attached hydrogen (secondary N) is 4. The molecule has 1 saturated carbocycles. The minimum atomic E-state index is -1.45. The predicted octanol–water partition coefficient (Wildman–Crippen LogP) is 2.96. The number of amides is 3. The van der Waals surface area contributed by atoms with E-state index in [4.69, 9.17) is 14.7 Å². The summed E-state index contributed by atoms with van der Waals surface area (Å²) in [5.41, 5.74) is 2.97. The molecule has 248 valence electrons. The number of anilines is 1. The summed E-state index contributed by atoms with van der Waals surface area (Å²) >= 11 is 0. The monoisotopic (exact) mass is 642 g/mol. The summed E-state index contributed by atoms with van der Waals surface area (Å²) in [4.78, 5) is 39.4. The van der Waals surface area contributed by atoms with Gasteiger partial charge in [-0.1, -0.05) is 79.9 Å². The van der Waals surface area contributed by atoms with Crippen LogP contribution >= 0.6 is 0 Å². The van der Waals surface area contributed by atoms with Gasteiger partial charge in [-0.05, 0) is 30.9 Å². The van der Waals surface area contributed by atoms with E-state index >= 15 is 0 Å². The number of urea groups is 1. The molecule has 2 fully saturated rings. The lowest BCUT2D eigenvalue weighted by atomic mass is 9.91. The van der Waals surface area contributed by atoms with Crippen molar-refractivity contribution in [1.29, 1.82) is 0 Å². The van der Waals surface area contributed by atoms with E-state index in [2.05, 4.69) is 50.5 Å². The van der Waals surface area contributed by atoms with Crippen molar-refractivity contribution in [1.82, 2.24) is 35.5 Å². The number of rotatable bonds is 11. The maximum atomic E-state index is 12.8. The Labute approximate surface area is 273 Å². The summed E-state index contributed by atoms with van der Waals surface area (Å²) in [7, 11) is 0. The Morgan fingerprint density at radius 3 is 2.28 bits per heavy atom. The fourth-order valence-corrected chi connectivity index (χ4v) is 6.37. The van der Waals surface area contributed by atoms with Gasteiger partial charge in [-0.2, -0.15) is 0 Å². The number of hydrogen-bond acceptors (Lipinski definition) is 9. The predicted molar refractivity (Wildman–Crippen MR) is 175 cm³/mol. The summed E-state index contributed by atoms with van der Waals surface area (Å²) in [6.45, 7) is 2.61. The first kappa shape index (κ1) is 32.4. The van der Waals surface area contributed by atoms with E-state index in [-0.39, 0.29) is 24.5 Å². The molecular weight excluding hydrogens is 600 g/mol. The van der Waals surface area contributed by atoms with Crippen molar-refractivity contribution < 1.29 is 24.5 Å². The van der Waals surface area contributed by atoms with Crippen molar-refractivity contribution in [3.05, 3.63) is 83.9 Å². The zero-order valence-electron chi connectivity index (χ0n) is 26.4. The Morgan fingerprint density at radius 2 is 1.62 bits per heavy atom. The van der Waals surface area contributed by atoms with Gasteiger partial charge in [0.05, 0.1) is 12.9 Å². The normalized spacial score (nSPS) is 21.5. The lowest BCUT2D eigenvalue weighted by molar-refractivity contribution is -0.137. The molecule has 2 aliphatic rings. The first-order chi connectivity index (χ1) is 22.9. The summed E-state index contributed by atoms with van der Waals surface area (Å²) in [6.07, 6.45) is 1.47. The van der Waals surface area contributed by atoms with Gasteiger partial charge in [0.25, 0.3) is 5.91 Å². The standard InChI is InChI=1S/C34H42N8O5/c1-2-35-32(45)29-27(43)28(44)33(47-29)42-20-38-26-30(36-18-24(21-12-6-3-7-13-21)22-14-8-4-9-15-22)40-25(41-31(26)42)19-37-34(46)39-23-16-10-5-11-17-23/h3-4,6-9,12-15,20,23-24,27-29,33,43-44H,2,5,10-11,16-19H2,1H3,(H,35,45)(H,36,40,41)(H2,37,39,46). The molecule has 3 amide bonds. The van der Waals surface area contributed by atoms with Gasteiger partial charge >= 0.3 is 6.03 Å². The number of nitrogens with zero attached hydrogens (tertiary/aromatic N) is 4. The van der Waals surface area contributed by atoms with Gasteiger partial charge in [-0.15, -0.1) is 0 Å². The molecule has 1 aliphatic carbocycles. The minimum absolute atomic E-state index is 0.0136. The number of aromatic nitrogens is 4. The maximum absolute atomic E-state index is 12.8. The van der Waals surface area contributed by atoms with Crippen LogP contribution in [0.1, 0.15) is 68.1 Å². The average molecular weight is 643 g/mol. The zero-order valence-corrected chi connectivity index (χ0v) is 26.4. The number of fused-ring (bicyclic) bond motifs is 1. The molecule has 4 unspecified atom stereocenters. The first-order valence-corrected chi connectivity index (χ1v) is 16.3. The molecule has 47 heavy (non-hydrogen) atoms. The van der Waals surface area contributed by atoms with Crippen molar-refractivity contribution in [3.8, 4) is 0 Å². The van der Waals surface area contributed by atoms with Crippen LogP contribution in [0.2, 0.25) is 0 Å². The minimum Gasteiger partial charge on any atom is -0.387 e. The highest BCUT2D eigenvalue weighted by Crippen LogP contribution is 2.33. The maximum Gasteiger partial charge on any atom is 0.315 e. The SMILES string of the molecule is CCNC(=O)C1OC(n2cnc3c(NCC(c4ccccc4)c4ccccc4)nc(CNC(=O)NC4CCCCC4)nc32)C(O)C1O. The second-order valence-corrected chi connectivity index (χ2v) is 12.1. The smallest absolute Gasteiger partial charge is 0.315 e. The lowest BCUT2D eigenvalue weighted by Gasteiger charge is -2.23. The van der Waals surface area contributed by atoms with Gasteiger partial charge in [0.15, 0.2) is 35.1 Å². The molecule has 2 aromatic carbocycles. The van der Waals surface area contributed by atoms with E-state index in [1.165, 1.54) is 17.3 Å². The van der Waals surface area contributed by atoms with Gasteiger partial charge in [-0.3, -0.25) is 9.36 Å². The molecule has 13 nitrogen and oxygen atoms in total. The highest BCUT2D eigenvalue weighted by atomic mass is 16.6. The highest BCUT2D eigenvalue weighted by Gasteiger charge is 2.47. The Balaban J connectivity index is 1.30. The van der Waals surface area contributed by atoms with E-state index < -0.39 is 30.4 Å². The van der Waals surface area contributed by atoms with Crippen LogP contribution in [0.4, 0.5) is 10.6 Å². The Hall–Kier alpha value is -4.59. The molecular formula is C34H42N8O5. The Bertz CT molecular complexity index is 1610. The van der Waals surface area contributed by atoms with E-state index in [9.17, 15) is 19.8 Å². The Morgan fingerprint density at radius 1 is 0.936 bits per heavy atom. The number of aliphatic hydroxyl groups excluding tert-OH is 2. The first-order valence-electron chi connectivity index (χ1n) is 16.3. The van der Waals surface area contributed by atoms with E-state index in [0.717, 1.165) is 36.8 Å². The second-order valence-electron chi connectivity index (χ2n) is 12.1. The van der Waals surface area contributed by atoms with Gasteiger partial charge in [0.1, 0.15) is 12.2 Å². The number of hydrogen-bond donors (Lipinski definition) is 6. The van der Waals surface area contributed by atoms with Crippen LogP contribution in [-0.2, 0) is 16.1 Å². The quantitative estimate of drug-likeness (QED) is 0.144. The van der Waals surface area contributed by atoms with Crippen molar-refractivity contribution in [2.24, 2.45) is 0 Å². The van der Waals surface area contributed by atoms with Crippen molar-refractivity contribution >= 4 is 28.9 Å². The molecule has 1 aliphatic heterocycles. The molecule has 0 spiro atoms. The number of ether oxygens (including phenoxy) is 1. The molecule has 0 radical (unpaired) electrons. The highest BCUT2D eigenvalue weighted by molar-refractivity contribution is 5.84. The van der Waals surface area contributed by atoms with Gasteiger partial charge in [-0.25, -0.2) is 19.7 Å². The molecule has 13 heteroatoms. The summed E-state index contributed by atoms with van der Waals surface area (Å²) in [6, 6.07) is 20.2. The van der Waals surface area contributed by atoms with Gasteiger partial charge in [0.2, 0.25) is 0 Å². The Kier molecular flexibility index (Phi) is 10.2. The van der Waals surface area contributed by atoms with Crippen LogP contribution in [0.15, 0.2) is 67.0 Å². The number of carbonyl (C=O) groups excluding carboxylic acids is 2. The summed E-state index contributed by atoms with van der Waals surface area (Å²) in [5, 5.41) is 33.7. The lowest BCUT2D eigenvalue weighted by Crippen LogP contribution is -2.42. The molecule has 4 atom stereocenters. The van der Waals surface area contributed by atoms with E-state index in [0.29, 0.717) is 35.9 Å². The van der Waals surface area contributed by atoms with E-state index in [1.807, 2.05) is 36.4 Å². The van der Waals surface area contributed by atoms with Crippen LogP contribution in [0.5, 0.6) is 0 Å². The van der Waals surface area contributed by atoms with Gasteiger partial charge in [0, 0.05) is 25.0 Å². The van der Waals surface area contributed by atoms with Crippen LogP contribution in [-0.4, -0.2) is 79.1 Å². The largest absolute Gasteiger partial charge is 0.387 e. The van der Waals surface area contributed by atoms with Crippen molar-refractivity contribution in [2.45, 2.75) is 82.1 Å². The fraction of sp³-hybridized carbons (Fsp3) is 0.441. The third kappa shape index (κ3) is 7.37. The molecule has 3 heterocycles.